The largest absolute Gasteiger partial charge is 0.495 e. The average Bonchev–Trinajstić information content (AvgIpc) is 2.59. The van der Waals surface area contributed by atoms with Gasteiger partial charge < -0.3 is 10.1 Å². The number of amides is 1. The summed E-state index contributed by atoms with van der Waals surface area (Å²) in [4.78, 5) is 11.7. The Bertz CT molecular complexity index is 685. The number of hydrogen-bond donors (Lipinski definition) is 2. The highest BCUT2D eigenvalue weighted by Gasteiger charge is 2.26. The van der Waals surface area contributed by atoms with E-state index in [1.54, 1.807) is 7.05 Å². The van der Waals surface area contributed by atoms with Crippen LogP contribution in [0.4, 0.5) is 0 Å². The Morgan fingerprint density at radius 2 is 1.96 bits per heavy atom. The smallest absolute Gasteiger partial charge is 0.240 e. The number of hydrogen-bond acceptors (Lipinski definition) is 4. The number of ether oxygens (including phenoxy) is 1. The summed E-state index contributed by atoms with van der Waals surface area (Å²) in [6.07, 6.45) is 3.26. The van der Waals surface area contributed by atoms with Crippen molar-refractivity contribution in [2.75, 3.05) is 20.7 Å². The Kier molecular flexibility index (Phi) is 6.48. The second-order valence-corrected chi connectivity index (χ2v) is 8.15. The van der Waals surface area contributed by atoms with Crippen molar-refractivity contribution in [1.82, 2.24) is 10.0 Å². The number of sulfonamides is 1. The maximum absolute atomic E-state index is 12.4. The number of methoxy groups -OCH3 is 1. The van der Waals surface area contributed by atoms with E-state index < -0.39 is 10.0 Å². The minimum Gasteiger partial charge on any atom is -0.495 e. The van der Waals surface area contributed by atoms with E-state index >= 15 is 0 Å². The third-order valence-electron chi connectivity index (χ3n) is 4.46. The molecular formula is C16H23ClN2O4S. The van der Waals surface area contributed by atoms with Crippen LogP contribution in [0.5, 0.6) is 5.75 Å². The number of halogens is 1. The van der Waals surface area contributed by atoms with Crippen LogP contribution in [0.2, 0.25) is 5.02 Å². The SMILES string of the molecule is CNC(=O)C1CCC(CNS(=O)(=O)c2ccc(OC)c(Cl)c2)CC1. The monoisotopic (exact) mass is 374 g/mol. The molecule has 0 radical (unpaired) electrons. The molecule has 2 N–H and O–H groups in total. The zero-order chi connectivity index (χ0) is 17.7. The maximum Gasteiger partial charge on any atom is 0.240 e. The van der Waals surface area contributed by atoms with Gasteiger partial charge in [-0.15, -0.1) is 0 Å². The molecule has 0 aromatic heterocycles. The first-order valence-corrected chi connectivity index (χ1v) is 9.78. The lowest BCUT2D eigenvalue weighted by Gasteiger charge is -2.27. The predicted octanol–water partition coefficient (Wildman–Crippen LogP) is 2.18. The molecule has 1 amide bonds. The molecule has 1 aliphatic carbocycles. The van der Waals surface area contributed by atoms with E-state index in [1.807, 2.05) is 0 Å². The van der Waals surface area contributed by atoms with Crippen molar-refractivity contribution in [3.8, 4) is 5.75 Å². The van der Waals surface area contributed by atoms with Crippen molar-refractivity contribution in [1.29, 1.82) is 0 Å². The van der Waals surface area contributed by atoms with Crippen molar-refractivity contribution in [2.24, 2.45) is 11.8 Å². The highest BCUT2D eigenvalue weighted by molar-refractivity contribution is 7.89. The highest BCUT2D eigenvalue weighted by Crippen LogP contribution is 2.29. The minimum atomic E-state index is -3.61. The fraction of sp³-hybridized carbons (Fsp3) is 0.562. The van der Waals surface area contributed by atoms with Crippen molar-refractivity contribution < 1.29 is 17.9 Å². The maximum atomic E-state index is 12.4. The van der Waals surface area contributed by atoms with E-state index in [0.29, 0.717) is 12.3 Å². The van der Waals surface area contributed by atoms with E-state index in [1.165, 1.54) is 25.3 Å². The van der Waals surface area contributed by atoms with Crippen LogP contribution >= 0.6 is 11.6 Å². The summed E-state index contributed by atoms with van der Waals surface area (Å²) in [5.74, 6) is 0.794. The molecule has 1 aliphatic rings. The fourth-order valence-electron chi connectivity index (χ4n) is 2.96. The molecule has 1 saturated carbocycles. The molecular weight excluding hydrogens is 352 g/mol. The van der Waals surface area contributed by atoms with Gasteiger partial charge in [0.2, 0.25) is 15.9 Å². The lowest BCUT2D eigenvalue weighted by Crippen LogP contribution is -2.34. The Morgan fingerprint density at radius 1 is 1.29 bits per heavy atom. The summed E-state index contributed by atoms with van der Waals surface area (Å²) in [6.45, 7) is 0.368. The van der Waals surface area contributed by atoms with Crippen molar-refractivity contribution >= 4 is 27.5 Å². The molecule has 0 aliphatic heterocycles. The Morgan fingerprint density at radius 3 is 2.50 bits per heavy atom. The molecule has 0 bridgehead atoms. The number of benzene rings is 1. The average molecular weight is 375 g/mol. The summed E-state index contributed by atoms with van der Waals surface area (Å²) >= 11 is 5.99. The highest BCUT2D eigenvalue weighted by atomic mass is 35.5. The summed E-state index contributed by atoms with van der Waals surface area (Å²) in [7, 11) is -0.495. The first-order valence-electron chi connectivity index (χ1n) is 7.92. The lowest BCUT2D eigenvalue weighted by atomic mass is 9.82. The second-order valence-electron chi connectivity index (χ2n) is 5.98. The van der Waals surface area contributed by atoms with Crippen molar-refractivity contribution in [3.05, 3.63) is 23.2 Å². The second kappa shape index (κ2) is 8.18. The Balaban J connectivity index is 1.92. The number of rotatable bonds is 6. The first-order chi connectivity index (χ1) is 11.4. The quantitative estimate of drug-likeness (QED) is 0.799. The van der Waals surface area contributed by atoms with E-state index in [-0.39, 0.29) is 27.7 Å². The van der Waals surface area contributed by atoms with Gasteiger partial charge in [-0.25, -0.2) is 13.1 Å². The Labute approximate surface area is 148 Å². The molecule has 2 rings (SSSR count). The molecule has 0 spiro atoms. The molecule has 1 aromatic carbocycles. The molecule has 6 nitrogen and oxygen atoms in total. The zero-order valence-electron chi connectivity index (χ0n) is 13.8. The van der Waals surface area contributed by atoms with Crippen molar-refractivity contribution in [3.63, 3.8) is 0 Å². The fourth-order valence-corrected chi connectivity index (χ4v) is 4.42. The van der Waals surface area contributed by atoms with Crippen LogP contribution in [0.15, 0.2) is 23.1 Å². The van der Waals surface area contributed by atoms with Gasteiger partial charge in [0.1, 0.15) is 5.75 Å². The number of nitrogens with one attached hydrogen (secondary N) is 2. The Hall–Kier alpha value is -1.31. The van der Waals surface area contributed by atoms with Crippen LogP contribution in [0.25, 0.3) is 0 Å². The molecule has 0 heterocycles. The van der Waals surface area contributed by atoms with E-state index in [2.05, 4.69) is 10.0 Å². The van der Waals surface area contributed by atoms with Crippen LogP contribution in [0.1, 0.15) is 25.7 Å². The van der Waals surface area contributed by atoms with Gasteiger partial charge in [0, 0.05) is 19.5 Å². The molecule has 8 heteroatoms. The molecule has 24 heavy (non-hydrogen) atoms. The van der Waals surface area contributed by atoms with Crippen LogP contribution < -0.4 is 14.8 Å². The first kappa shape index (κ1) is 19.0. The van der Waals surface area contributed by atoms with E-state index in [0.717, 1.165) is 25.7 Å². The zero-order valence-corrected chi connectivity index (χ0v) is 15.4. The van der Waals surface area contributed by atoms with Gasteiger partial charge in [0.05, 0.1) is 17.0 Å². The van der Waals surface area contributed by atoms with Crippen molar-refractivity contribution in [2.45, 2.75) is 30.6 Å². The predicted molar refractivity (Wildman–Crippen MR) is 92.7 cm³/mol. The summed E-state index contributed by atoms with van der Waals surface area (Å²) in [6, 6.07) is 4.38. The van der Waals surface area contributed by atoms with Crippen LogP contribution in [-0.2, 0) is 14.8 Å². The van der Waals surface area contributed by atoms with Gasteiger partial charge in [0.15, 0.2) is 0 Å². The van der Waals surface area contributed by atoms with Gasteiger partial charge in [-0.2, -0.15) is 0 Å². The normalized spacial score (nSPS) is 21.3. The molecule has 1 aromatic rings. The van der Waals surface area contributed by atoms with Crippen LogP contribution in [-0.4, -0.2) is 35.0 Å². The van der Waals surface area contributed by atoms with E-state index in [4.69, 9.17) is 16.3 Å². The molecule has 134 valence electrons. The topological polar surface area (TPSA) is 84.5 Å². The standard InChI is InChI=1S/C16H23ClN2O4S/c1-18-16(20)12-5-3-11(4-6-12)10-19-24(21,22)13-7-8-15(23-2)14(17)9-13/h7-9,11-12,19H,3-6,10H2,1-2H3,(H,18,20). The summed E-state index contributed by atoms with van der Waals surface area (Å²) in [5.41, 5.74) is 0. The van der Waals surface area contributed by atoms with Gasteiger partial charge in [-0.1, -0.05) is 11.6 Å². The van der Waals surface area contributed by atoms with Crippen LogP contribution in [0, 0.1) is 11.8 Å². The van der Waals surface area contributed by atoms with Gasteiger partial charge in [-0.05, 0) is 49.8 Å². The van der Waals surface area contributed by atoms with Gasteiger partial charge in [-0.3, -0.25) is 4.79 Å². The number of carbonyl (C=O) groups excluding carboxylic acids is 1. The van der Waals surface area contributed by atoms with Crippen LogP contribution in [0.3, 0.4) is 0 Å². The number of carbonyl (C=O) groups is 1. The van der Waals surface area contributed by atoms with E-state index in [9.17, 15) is 13.2 Å². The van der Waals surface area contributed by atoms with Gasteiger partial charge in [0.25, 0.3) is 0 Å². The molecule has 0 saturated heterocycles. The summed E-state index contributed by atoms with van der Waals surface area (Å²) in [5, 5.41) is 2.92. The summed E-state index contributed by atoms with van der Waals surface area (Å²) < 4.78 is 32.4. The lowest BCUT2D eigenvalue weighted by molar-refractivity contribution is -0.125. The molecule has 0 atom stereocenters. The minimum absolute atomic E-state index is 0.0447. The molecule has 0 unspecified atom stereocenters. The third kappa shape index (κ3) is 4.62. The third-order valence-corrected chi connectivity index (χ3v) is 6.18. The van der Waals surface area contributed by atoms with Gasteiger partial charge >= 0.3 is 0 Å². The molecule has 1 fully saturated rings.